The second-order valence-electron chi connectivity index (χ2n) is 7.02. The number of ether oxygens (including phenoxy) is 1. The fourth-order valence-electron chi connectivity index (χ4n) is 3.36. The van der Waals surface area contributed by atoms with Crippen LogP contribution in [0.3, 0.4) is 0 Å². The van der Waals surface area contributed by atoms with E-state index < -0.39 is 0 Å². The third-order valence-electron chi connectivity index (χ3n) is 4.96. The molecule has 5 nitrogen and oxygen atoms in total. The minimum Gasteiger partial charge on any atom is -0.494 e. The van der Waals surface area contributed by atoms with E-state index in [1.54, 1.807) is 11.3 Å². The van der Waals surface area contributed by atoms with Gasteiger partial charge in [0.2, 0.25) is 4.80 Å². The fourth-order valence-corrected chi connectivity index (χ4v) is 4.55. The number of thiazole rings is 1. The first-order valence-electron chi connectivity index (χ1n) is 9.82. The Bertz CT molecular complexity index is 1000. The molecule has 3 aromatic rings. The maximum absolute atomic E-state index is 5.55. The van der Waals surface area contributed by atoms with Gasteiger partial charge in [-0.1, -0.05) is 28.1 Å². The summed E-state index contributed by atoms with van der Waals surface area (Å²) in [5, 5.41) is 4.61. The molecule has 7 heteroatoms. The van der Waals surface area contributed by atoms with Crippen LogP contribution in [0.1, 0.15) is 6.92 Å². The SMILES string of the molecule is CCOc1ccc(N=c2scc(-c3ccc(Br)cc3)n2N2CCN(C)CC2)cc1. The van der Waals surface area contributed by atoms with Gasteiger partial charge in [0.25, 0.3) is 0 Å². The van der Waals surface area contributed by atoms with Crippen LogP contribution >= 0.6 is 27.3 Å². The van der Waals surface area contributed by atoms with Crippen LogP contribution in [0, 0.1) is 0 Å². The van der Waals surface area contributed by atoms with E-state index in [2.05, 4.69) is 67.2 Å². The fraction of sp³-hybridized carbons (Fsp3) is 0.318. The average molecular weight is 473 g/mol. The number of hydrogen-bond acceptors (Lipinski definition) is 5. The second kappa shape index (κ2) is 9.15. The molecule has 4 rings (SSSR count). The Morgan fingerprint density at radius 3 is 2.34 bits per heavy atom. The average Bonchev–Trinajstić information content (AvgIpc) is 3.14. The number of rotatable bonds is 5. The zero-order valence-electron chi connectivity index (χ0n) is 16.7. The lowest BCUT2D eigenvalue weighted by molar-refractivity contribution is 0.287. The van der Waals surface area contributed by atoms with E-state index in [-0.39, 0.29) is 0 Å². The first-order chi connectivity index (χ1) is 14.1. The number of aromatic nitrogens is 1. The second-order valence-corrected chi connectivity index (χ2v) is 8.77. The van der Waals surface area contributed by atoms with Gasteiger partial charge < -0.3 is 14.6 Å². The monoisotopic (exact) mass is 472 g/mol. The van der Waals surface area contributed by atoms with E-state index in [1.165, 1.54) is 11.3 Å². The summed E-state index contributed by atoms with van der Waals surface area (Å²) in [4.78, 5) is 8.31. The minimum absolute atomic E-state index is 0.668. The van der Waals surface area contributed by atoms with E-state index in [9.17, 15) is 0 Å². The molecule has 0 saturated carbocycles. The third-order valence-corrected chi connectivity index (χ3v) is 6.31. The first-order valence-corrected chi connectivity index (χ1v) is 11.5. The molecule has 29 heavy (non-hydrogen) atoms. The summed E-state index contributed by atoms with van der Waals surface area (Å²) in [5.41, 5.74) is 3.30. The molecule has 0 radical (unpaired) electrons. The molecule has 2 aromatic carbocycles. The summed E-state index contributed by atoms with van der Waals surface area (Å²) in [5.74, 6) is 0.875. The molecule has 1 fully saturated rings. The number of halogens is 1. The predicted molar refractivity (Wildman–Crippen MR) is 124 cm³/mol. The van der Waals surface area contributed by atoms with Crippen molar-refractivity contribution < 1.29 is 4.74 Å². The van der Waals surface area contributed by atoms with Crippen LogP contribution in [0.2, 0.25) is 0 Å². The van der Waals surface area contributed by atoms with E-state index in [0.29, 0.717) is 6.61 Å². The standard InChI is InChI=1S/C22H25BrN4OS/c1-3-28-20-10-8-19(9-11-20)24-22-27(26-14-12-25(2)13-15-26)21(16-29-22)17-4-6-18(23)7-5-17/h4-11,16H,3,12-15H2,1-2H3. The molecule has 2 heterocycles. The number of likely N-dealkylation sites (N-methyl/N-ethyl adjacent to an activating group) is 1. The first kappa shape index (κ1) is 20.2. The summed E-state index contributed by atoms with van der Waals surface area (Å²) >= 11 is 5.21. The lowest BCUT2D eigenvalue weighted by Gasteiger charge is -2.35. The van der Waals surface area contributed by atoms with E-state index in [0.717, 1.165) is 46.9 Å². The molecule has 1 aliphatic heterocycles. The Labute approximate surface area is 184 Å². The zero-order valence-corrected chi connectivity index (χ0v) is 19.1. The van der Waals surface area contributed by atoms with Crippen LogP contribution in [-0.4, -0.2) is 49.4 Å². The molecule has 0 unspecified atom stereocenters. The summed E-state index contributed by atoms with van der Waals surface area (Å²) < 4.78 is 8.92. The van der Waals surface area contributed by atoms with Gasteiger partial charge in [0, 0.05) is 41.6 Å². The third kappa shape index (κ3) is 4.74. The Kier molecular flexibility index (Phi) is 6.37. The number of benzene rings is 2. The molecule has 1 aromatic heterocycles. The summed E-state index contributed by atoms with van der Waals surface area (Å²) in [6.45, 7) is 6.71. The van der Waals surface area contributed by atoms with Crippen molar-refractivity contribution in [3.63, 3.8) is 0 Å². The van der Waals surface area contributed by atoms with Crippen molar-refractivity contribution in [2.45, 2.75) is 6.92 Å². The highest BCUT2D eigenvalue weighted by atomic mass is 79.9. The minimum atomic E-state index is 0.668. The predicted octanol–water partition coefficient (Wildman–Crippen LogP) is 4.49. The molecule has 0 amide bonds. The number of nitrogens with zero attached hydrogens (tertiary/aromatic N) is 4. The quantitative estimate of drug-likeness (QED) is 0.548. The van der Waals surface area contributed by atoms with Gasteiger partial charge in [0.1, 0.15) is 5.75 Å². The molecule has 1 saturated heterocycles. The maximum Gasteiger partial charge on any atom is 0.209 e. The highest BCUT2D eigenvalue weighted by Gasteiger charge is 2.19. The van der Waals surface area contributed by atoms with Crippen LogP contribution in [0.4, 0.5) is 5.69 Å². The van der Waals surface area contributed by atoms with Crippen LogP contribution in [0.15, 0.2) is 63.4 Å². The topological polar surface area (TPSA) is 33.0 Å². The largest absolute Gasteiger partial charge is 0.494 e. The summed E-state index contributed by atoms with van der Waals surface area (Å²) in [6.07, 6.45) is 0. The Balaban J connectivity index is 1.75. The van der Waals surface area contributed by atoms with Crippen LogP contribution in [-0.2, 0) is 0 Å². The number of hydrogen-bond donors (Lipinski definition) is 0. The van der Waals surface area contributed by atoms with Gasteiger partial charge in [-0.05, 0) is 50.4 Å². The molecular formula is C22H25BrN4OS. The smallest absolute Gasteiger partial charge is 0.209 e. The molecular weight excluding hydrogens is 448 g/mol. The lowest BCUT2D eigenvalue weighted by atomic mass is 10.2. The van der Waals surface area contributed by atoms with Crippen molar-refractivity contribution in [1.82, 2.24) is 9.58 Å². The molecule has 1 aliphatic rings. The van der Waals surface area contributed by atoms with Crippen molar-refractivity contribution in [3.8, 4) is 17.0 Å². The van der Waals surface area contributed by atoms with Gasteiger partial charge in [0.05, 0.1) is 18.0 Å². The van der Waals surface area contributed by atoms with Gasteiger partial charge >= 0.3 is 0 Å². The van der Waals surface area contributed by atoms with E-state index in [4.69, 9.17) is 9.73 Å². The van der Waals surface area contributed by atoms with Crippen molar-refractivity contribution in [2.75, 3.05) is 44.8 Å². The van der Waals surface area contributed by atoms with Crippen LogP contribution in [0.25, 0.3) is 11.3 Å². The van der Waals surface area contributed by atoms with Gasteiger partial charge in [-0.3, -0.25) is 0 Å². The van der Waals surface area contributed by atoms with Crippen molar-refractivity contribution >= 4 is 33.0 Å². The Hall–Kier alpha value is -2.09. The van der Waals surface area contributed by atoms with Crippen molar-refractivity contribution in [3.05, 3.63) is 63.2 Å². The molecule has 0 aliphatic carbocycles. The van der Waals surface area contributed by atoms with E-state index >= 15 is 0 Å². The van der Waals surface area contributed by atoms with Gasteiger partial charge in [-0.25, -0.2) is 9.67 Å². The van der Waals surface area contributed by atoms with Crippen molar-refractivity contribution in [2.24, 2.45) is 4.99 Å². The maximum atomic E-state index is 5.55. The zero-order chi connectivity index (χ0) is 20.2. The number of piperazine rings is 1. The highest BCUT2D eigenvalue weighted by molar-refractivity contribution is 9.10. The normalized spacial score (nSPS) is 15.7. The Morgan fingerprint density at radius 1 is 1.00 bits per heavy atom. The Morgan fingerprint density at radius 2 is 1.69 bits per heavy atom. The summed E-state index contributed by atoms with van der Waals surface area (Å²) in [6, 6.07) is 16.5. The molecule has 0 N–H and O–H groups in total. The van der Waals surface area contributed by atoms with Gasteiger partial charge in [0.15, 0.2) is 0 Å². The van der Waals surface area contributed by atoms with Crippen LogP contribution < -0.4 is 14.5 Å². The summed E-state index contributed by atoms with van der Waals surface area (Å²) in [7, 11) is 2.18. The molecule has 152 valence electrons. The van der Waals surface area contributed by atoms with Crippen LogP contribution in [0.5, 0.6) is 5.75 Å². The van der Waals surface area contributed by atoms with Crippen molar-refractivity contribution in [1.29, 1.82) is 0 Å². The molecule has 0 spiro atoms. The highest BCUT2D eigenvalue weighted by Crippen LogP contribution is 2.24. The lowest BCUT2D eigenvalue weighted by Crippen LogP contribution is -2.52. The van der Waals surface area contributed by atoms with Gasteiger partial charge in [-0.2, -0.15) is 0 Å². The van der Waals surface area contributed by atoms with E-state index in [1.807, 2.05) is 31.2 Å². The van der Waals surface area contributed by atoms with Gasteiger partial charge in [-0.15, -0.1) is 11.3 Å². The molecule has 0 atom stereocenters. The molecule has 0 bridgehead atoms.